The van der Waals surface area contributed by atoms with Crippen LogP contribution in [-0.2, 0) is 20.8 Å². The number of carboxylic acid groups (broad SMARTS) is 1. The topological polar surface area (TPSA) is 95.5 Å². The van der Waals surface area contributed by atoms with Crippen LogP contribution < -0.4 is 10.6 Å². The van der Waals surface area contributed by atoms with Crippen LogP contribution in [0.5, 0.6) is 0 Å². The zero-order valence-corrected chi connectivity index (χ0v) is 14.0. The zero-order chi connectivity index (χ0) is 18.3. The summed E-state index contributed by atoms with van der Waals surface area (Å²) in [6.45, 7) is 4.92. The molecular formula is C17H23FN2O4. The number of rotatable bonds is 8. The van der Waals surface area contributed by atoms with Gasteiger partial charge in [-0.25, -0.2) is 9.18 Å². The third kappa shape index (κ3) is 6.36. The van der Waals surface area contributed by atoms with Gasteiger partial charge in [-0.15, -0.1) is 0 Å². The molecule has 0 radical (unpaired) electrons. The zero-order valence-electron chi connectivity index (χ0n) is 14.0. The maximum absolute atomic E-state index is 13.8. The predicted molar refractivity (Wildman–Crippen MR) is 86.7 cm³/mol. The summed E-state index contributed by atoms with van der Waals surface area (Å²) in [4.78, 5) is 35.0. The maximum atomic E-state index is 13.8. The van der Waals surface area contributed by atoms with Crippen LogP contribution in [0.2, 0.25) is 0 Å². The summed E-state index contributed by atoms with van der Waals surface area (Å²) < 4.78 is 13.8. The molecule has 0 aliphatic heterocycles. The molecule has 0 saturated carbocycles. The molecular weight excluding hydrogens is 315 g/mol. The molecule has 0 saturated heterocycles. The van der Waals surface area contributed by atoms with Gasteiger partial charge in [-0.3, -0.25) is 9.59 Å². The quantitative estimate of drug-likeness (QED) is 0.669. The number of carbonyl (C=O) groups is 3. The minimum absolute atomic E-state index is 0.0634. The second-order valence-electron chi connectivity index (χ2n) is 6.08. The Labute approximate surface area is 140 Å². The van der Waals surface area contributed by atoms with Gasteiger partial charge in [0.25, 0.3) is 0 Å². The van der Waals surface area contributed by atoms with E-state index < -0.39 is 35.7 Å². The van der Waals surface area contributed by atoms with Crippen LogP contribution in [0.1, 0.15) is 32.8 Å². The standard InChI is InChI=1S/C17H23FN2O4/c1-10(2)8-15(17(23)24)20-16(22)14(19-11(3)21)9-12-6-4-5-7-13(12)18/h4-7,10,14-15H,8-9H2,1-3H3,(H,19,21)(H,20,22)(H,23,24)/t14-,15-/m1/s1. The molecule has 3 N–H and O–H groups in total. The van der Waals surface area contributed by atoms with Crippen molar-refractivity contribution in [3.63, 3.8) is 0 Å². The average molecular weight is 338 g/mol. The van der Waals surface area contributed by atoms with Gasteiger partial charge >= 0.3 is 5.97 Å². The lowest BCUT2D eigenvalue weighted by Gasteiger charge is -2.22. The first-order valence-electron chi connectivity index (χ1n) is 7.74. The molecule has 7 heteroatoms. The highest BCUT2D eigenvalue weighted by molar-refractivity contribution is 5.90. The molecule has 0 aliphatic carbocycles. The van der Waals surface area contributed by atoms with E-state index in [1.165, 1.54) is 25.1 Å². The van der Waals surface area contributed by atoms with E-state index in [4.69, 9.17) is 0 Å². The fourth-order valence-electron chi connectivity index (χ4n) is 2.30. The normalized spacial score (nSPS) is 13.2. The smallest absolute Gasteiger partial charge is 0.326 e. The first-order chi connectivity index (χ1) is 11.2. The monoisotopic (exact) mass is 338 g/mol. The Morgan fingerprint density at radius 3 is 2.25 bits per heavy atom. The Morgan fingerprint density at radius 1 is 1.12 bits per heavy atom. The molecule has 24 heavy (non-hydrogen) atoms. The van der Waals surface area contributed by atoms with E-state index in [0.29, 0.717) is 0 Å². The number of nitrogens with one attached hydrogen (secondary N) is 2. The van der Waals surface area contributed by atoms with Gasteiger partial charge in [-0.2, -0.15) is 0 Å². The lowest BCUT2D eigenvalue weighted by Crippen LogP contribution is -2.52. The highest BCUT2D eigenvalue weighted by atomic mass is 19.1. The van der Waals surface area contributed by atoms with Crippen LogP contribution in [0.15, 0.2) is 24.3 Å². The molecule has 1 aromatic carbocycles. The van der Waals surface area contributed by atoms with Crippen LogP contribution in [0, 0.1) is 11.7 Å². The van der Waals surface area contributed by atoms with E-state index in [9.17, 15) is 23.9 Å². The third-order valence-electron chi connectivity index (χ3n) is 3.40. The average Bonchev–Trinajstić information content (AvgIpc) is 2.47. The molecule has 0 heterocycles. The van der Waals surface area contributed by atoms with Gasteiger partial charge in [0.05, 0.1) is 0 Å². The Morgan fingerprint density at radius 2 is 1.75 bits per heavy atom. The summed E-state index contributed by atoms with van der Waals surface area (Å²) in [6, 6.07) is 3.81. The van der Waals surface area contributed by atoms with Crippen LogP contribution in [0.25, 0.3) is 0 Å². The summed E-state index contributed by atoms with van der Waals surface area (Å²) in [7, 11) is 0. The lowest BCUT2D eigenvalue weighted by atomic mass is 10.0. The lowest BCUT2D eigenvalue weighted by molar-refractivity contribution is -0.142. The summed E-state index contributed by atoms with van der Waals surface area (Å²) in [6.07, 6.45) is 0.194. The fourth-order valence-corrected chi connectivity index (χ4v) is 2.30. The fraction of sp³-hybridized carbons (Fsp3) is 0.471. The number of aliphatic carboxylic acids is 1. The molecule has 0 aliphatic rings. The third-order valence-corrected chi connectivity index (χ3v) is 3.40. The van der Waals surface area contributed by atoms with Crippen molar-refractivity contribution in [2.24, 2.45) is 5.92 Å². The molecule has 0 spiro atoms. The second-order valence-corrected chi connectivity index (χ2v) is 6.08. The van der Waals surface area contributed by atoms with E-state index in [0.717, 1.165) is 0 Å². The Bertz CT molecular complexity index is 604. The van der Waals surface area contributed by atoms with E-state index in [1.807, 2.05) is 13.8 Å². The molecule has 132 valence electrons. The second kappa shape index (κ2) is 9.00. The van der Waals surface area contributed by atoms with Gasteiger partial charge in [-0.05, 0) is 24.0 Å². The number of amides is 2. The highest BCUT2D eigenvalue weighted by Crippen LogP contribution is 2.11. The molecule has 0 fully saturated rings. The molecule has 0 aromatic heterocycles. The number of carbonyl (C=O) groups excluding carboxylic acids is 2. The van der Waals surface area contributed by atoms with Crippen molar-refractivity contribution in [2.75, 3.05) is 0 Å². The van der Waals surface area contributed by atoms with Crippen molar-refractivity contribution in [3.05, 3.63) is 35.6 Å². The first-order valence-corrected chi connectivity index (χ1v) is 7.74. The highest BCUT2D eigenvalue weighted by Gasteiger charge is 2.27. The molecule has 2 amide bonds. The van der Waals surface area contributed by atoms with Gasteiger partial charge in [-0.1, -0.05) is 32.0 Å². The Kier molecular flexibility index (Phi) is 7.35. The summed E-state index contributed by atoms with van der Waals surface area (Å²) >= 11 is 0. The van der Waals surface area contributed by atoms with E-state index in [1.54, 1.807) is 6.07 Å². The predicted octanol–water partition coefficient (Wildman–Crippen LogP) is 1.49. The van der Waals surface area contributed by atoms with E-state index in [-0.39, 0.29) is 24.3 Å². The minimum Gasteiger partial charge on any atom is -0.480 e. The van der Waals surface area contributed by atoms with E-state index >= 15 is 0 Å². The van der Waals surface area contributed by atoms with Crippen LogP contribution in [-0.4, -0.2) is 35.0 Å². The molecule has 1 rings (SSSR count). The Balaban J connectivity index is 2.90. The van der Waals surface area contributed by atoms with Crippen molar-refractivity contribution in [3.8, 4) is 0 Å². The van der Waals surface area contributed by atoms with Gasteiger partial charge in [0.1, 0.15) is 17.9 Å². The maximum Gasteiger partial charge on any atom is 0.326 e. The summed E-state index contributed by atoms with van der Waals surface area (Å²) in [5.74, 6) is -2.68. The summed E-state index contributed by atoms with van der Waals surface area (Å²) in [5, 5.41) is 14.1. The van der Waals surface area contributed by atoms with Crippen molar-refractivity contribution in [2.45, 2.75) is 45.7 Å². The van der Waals surface area contributed by atoms with Gasteiger partial charge in [0.2, 0.25) is 11.8 Å². The van der Waals surface area contributed by atoms with Crippen molar-refractivity contribution in [1.82, 2.24) is 10.6 Å². The Hall–Kier alpha value is -2.44. The molecule has 6 nitrogen and oxygen atoms in total. The van der Waals surface area contributed by atoms with Crippen LogP contribution in [0.3, 0.4) is 0 Å². The molecule has 0 unspecified atom stereocenters. The molecule has 1 aromatic rings. The van der Waals surface area contributed by atoms with Crippen molar-refractivity contribution >= 4 is 17.8 Å². The summed E-state index contributed by atoms with van der Waals surface area (Å²) in [5.41, 5.74) is 0.266. The van der Waals surface area contributed by atoms with Crippen molar-refractivity contribution in [1.29, 1.82) is 0 Å². The number of carboxylic acids is 1. The number of benzene rings is 1. The van der Waals surface area contributed by atoms with Gasteiger partial charge in [0, 0.05) is 13.3 Å². The number of hydrogen-bond donors (Lipinski definition) is 3. The molecule has 0 bridgehead atoms. The van der Waals surface area contributed by atoms with Gasteiger partial charge in [0.15, 0.2) is 0 Å². The van der Waals surface area contributed by atoms with Crippen LogP contribution in [0.4, 0.5) is 4.39 Å². The minimum atomic E-state index is -1.15. The van der Waals surface area contributed by atoms with E-state index in [2.05, 4.69) is 10.6 Å². The number of halogens is 1. The first kappa shape index (κ1) is 19.6. The molecule has 2 atom stereocenters. The largest absolute Gasteiger partial charge is 0.480 e. The van der Waals surface area contributed by atoms with Gasteiger partial charge < -0.3 is 15.7 Å². The van der Waals surface area contributed by atoms with Crippen LogP contribution >= 0.6 is 0 Å². The SMILES string of the molecule is CC(=O)N[C@H](Cc1ccccc1F)C(=O)N[C@H](CC(C)C)C(=O)O. The number of hydrogen-bond acceptors (Lipinski definition) is 3. The van der Waals surface area contributed by atoms with Crippen molar-refractivity contribution < 1.29 is 23.9 Å².